The average Bonchev–Trinajstić information content (AvgIpc) is 1.83. The highest BCUT2D eigenvalue weighted by atomic mass is 19.3. The van der Waals surface area contributed by atoms with E-state index in [1.165, 1.54) is 0 Å². The molecule has 2 atom stereocenters. The molecule has 0 aromatic rings. The second-order valence-electron chi connectivity index (χ2n) is 2.46. The first kappa shape index (κ1) is 12.5. The van der Waals surface area contributed by atoms with Gasteiger partial charge in [0.1, 0.15) is 0 Å². The van der Waals surface area contributed by atoms with Gasteiger partial charge in [0.05, 0.1) is 0 Å². The van der Waals surface area contributed by atoms with Gasteiger partial charge in [-0.05, 0) is 13.8 Å². The van der Waals surface area contributed by atoms with Crippen molar-refractivity contribution in [3.05, 3.63) is 0 Å². The van der Waals surface area contributed by atoms with Gasteiger partial charge in [-0.2, -0.15) is 17.6 Å². The molecule has 0 N–H and O–H groups in total. The van der Waals surface area contributed by atoms with Gasteiger partial charge in [-0.25, -0.2) is 8.78 Å². The summed E-state index contributed by atoms with van der Waals surface area (Å²) in [7, 11) is 0. The monoisotopic (exact) mass is 210 g/mol. The van der Waals surface area contributed by atoms with Gasteiger partial charge in [0.15, 0.2) is 12.3 Å². The Balaban J connectivity index is 4.42. The summed E-state index contributed by atoms with van der Waals surface area (Å²) in [5, 5.41) is 0. The smallest absolute Gasteiger partial charge is 0.251 e. The zero-order chi connectivity index (χ0) is 10.9. The van der Waals surface area contributed by atoms with Crippen molar-refractivity contribution in [2.45, 2.75) is 38.4 Å². The molecule has 0 saturated carbocycles. The van der Waals surface area contributed by atoms with Crippen molar-refractivity contribution in [2.75, 3.05) is 0 Å². The Kier molecular flexibility index (Phi) is 3.60. The summed E-state index contributed by atoms with van der Waals surface area (Å²) in [4.78, 5) is 0. The van der Waals surface area contributed by atoms with E-state index in [0.717, 1.165) is 0 Å². The van der Waals surface area contributed by atoms with Gasteiger partial charge in [0, 0.05) is 0 Å². The van der Waals surface area contributed by atoms with Crippen molar-refractivity contribution in [2.24, 2.45) is 0 Å². The molecule has 0 radical (unpaired) electrons. The fourth-order valence-electron chi connectivity index (χ4n) is 0.344. The van der Waals surface area contributed by atoms with Crippen LogP contribution < -0.4 is 0 Å². The molecule has 0 aliphatic heterocycles. The van der Waals surface area contributed by atoms with Crippen LogP contribution in [-0.2, 0) is 4.74 Å². The SMILES string of the molecule is CC(F)C(F)(F)OC(F)(F)C(C)F. The Hall–Kier alpha value is -0.460. The third kappa shape index (κ3) is 3.41. The van der Waals surface area contributed by atoms with E-state index >= 15 is 0 Å². The van der Waals surface area contributed by atoms with Gasteiger partial charge in [-0.15, -0.1) is 0 Å². The molecule has 2 unspecified atom stereocenters. The first-order valence-electron chi connectivity index (χ1n) is 3.33. The van der Waals surface area contributed by atoms with Crippen molar-refractivity contribution in [1.82, 2.24) is 0 Å². The zero-order valence-corrected chi connectivity index (χ0v) is 6.83. The highest BCUT2D eigenvalue weighted by molar-refractivity contribution is 4.68. The summed E-state index contributed by atoms with van der Waals surface area (Å²) in [6.07, 6.45) is -15.2. The Morgan fingerprint density at radius 1 is 0.846 bits per heavy atom. The molecule has 0 aliphatic carbocycles. The van der Waals surface area contributed by atoms with E-state index < -0.39 is 24.6 Å². The van der Waals surface area contributed by atoms with Crippen LogP contribution >= 0.6 is 0 Å². The predicted octanol–water partition coefficient (Wildman–Crippen LogP) is 2.90. The molecule has 7 heteroatoms. The third-order valence-electron chi connectivity index (χ3n) is 1.20. The molecule has 0 aliphatic rings. The van der Waals surface area contributed by atoms with E-state index in [1.807, 2.05) is 0 Å². The van der Waals surface area contributed by atoms with Gasteiger partial charge >= 0.3 is 12.2 Å². The molecule has 0 amide bonds. The lowest BCUT2D eigenvalue weighted by Gasteiger charge is -2.25. The van der Waals surface area contributed by atoms with Crippen LogP contribution in [0.1, 0.15) is 13.8 Å². The average molecular weight is 210 g/mol. The van der Waals surface area contributed by atoms with E-state index in [2.05, 4.69) is 4.74 Å². The second-order valence-corrected chi connectivity index (χ2v) is 2.46. The molecule has 0 rings (SSSR count). The minimum atomic E-state index is -4.69. The maximum absolute atomic E-state index is 12.2. The number of hydrogen-bond acceptors (Lipinski definition) is 1. The number of ether oxygens (including phenoxy) is 1. The molecule has 0 aromatic carbocycles. The van der Waals surface area contributed by atoms with Crippen molar-refractivity contribution >= 4 is 0 Å². The van der Waals surface area contributed by atoms with E-state index in [1.54, 1.807) is 0 Å². The summed E-state index contributed by atoms with van der Waals surface area (Å²) in [5.74, 6) is 0. The van der Waals surface area contributed by atoms with Crippen LogP contribution in [-0.4, -0.2) is 24.6 Å². The normalized spacial score (nSPS) is 18.5. The van der Waals surface area contributed by atoms with Gasteiger partial charge < -0.3 is 0 Å². The molecule has 0 heterocycles. The molecule has 0 bridgehead atoms. The molecule has 0 saturated heterocycles. The highest BCUT2D eigenvalue weighted by Crippen LogP contribution is 2.33. The third-order valence-corrected chi connectivity index (χ3v) is 1.20. The number of halogens is 6. The second kappa shape index (κ2) is 3.73. The molecule has 13 heavy (non-hydrogen) atoms. The molecular formula is C6H8F6O. The molecule has 0 aromatic heterocycles. The van der Waals surface area contributed by atoms with Crippen molar-refractivity contribution in [3.8, 4) is 0 Å². The minimum absolute atomic E-state index is 0.332. The largest absolute Gasteiger partial charge is 0.391 e. The van der Waals surface area contributed by atoms with Gasteiger partial charge in [-0.3, -0.25) is 4.74 Å². The van der Waals surface area contributed by atoms with Crippen molar-refractivity contribution < 1.29 is 31.1 Å². The number of hydrogen-bond donors (Lipinski definition) is 0. The predicted molar refractivity (Wildman–Crippen MR) is 32.1 cm³/mol. The standard InChI is InChI=1S/C6H8F6O/c1-3(7)5(9,10)13-6(11,12)4(2)8/h3-4H,1-2H3. The van der Waals surface area contributed by atoms with Crippen LogP contribution in [0.25, 0.3) is 0 Å². The molecule has 1 nitrogen and oxygen atoms in total. The van der Waals surface area contributed by atoms with E-state index in [4.69, 9.17) is 0 Å². The van der Waals surface area contributed by atoms with Crippen LogP contribution in [0.15, 0.2) is 0 Å². The van der Waals surface area contributed by atoms with Crippen LogP contribution in [0.4, 0.5) is 26.3 Å². The molecular weight excluding hydrogens is 202 g/mol. The van der Waals surface area contributed by atoms with Gasteiger partial charge in [0.2, 0.25) is 0 Å². The van der Waals surface area contributed by atoms with E-state index in [0.29, 0.717) is 13.8 Å². The van der Waals surface area contributed by atoms with Crippen LogP contribution in [0, 0.1) is 0 Å². The maximum Gasteiger partial charge on any atom is 0.391 e. The fraction of sp³-hybridized carbons (Fsp3) is 1.00. The first-order valence-corrected chi connectivity index (χ1v) is 3.33. The summed E-state index contributed by atoms with van der Waals surface area (Å²) in [5.41, 5.74) is 0. The fourth-order valence-corrected chi connectivity index (χ4v) is 0.344. The topological polar surface area (TPSA) is 9.23 Å². The summed E-state index contributed by atoms with van der Waals surface area (Å²) >= 11 is 0. The molecule has 80 valence electrons. The maximum atomic E-state index is 12.2. The Labute approximate surface area is 70.7 Å². The lowest BCUT2D eigenvalue weighted by molar-refractivity contribution is -0.402. The lowest BCUT2D eigenvalue weighted by Crippen LogP contribution is -2.43. The van der Waals surface area contributed by atoms with E-state index in [-0.39, 0.29) is 0 Å². The highest BCUT2D eigenvalue weighted by Gasteiger charge is 2.51. The Bertz CT molecular complexity index is 149. The van der Waals surface area contributed by atoms with Crippen LogP contribution in [0.3, 0.4) is 0 Å². The molecule has 0 fully saturated rings. The quantitative estimate of drug-likeness (QED) is 0.648. The minimum Gasteiger partial charge on any atom is -0.251 e. The van der Waals surface area contributed by atoms with Crippen LogP contribution in [0.2, 0.25) is 0 Å². The zero-order valence-electron chi connectivity index (χ0n) is 6.83. The first-order chi connectivity index (χ1) is 5.59. The van der Waals surface area contributed by atoms with Gasteiger partial charge in [-0.1, -0.05) is 0 Å². The number of alkyl halides is 6. The summed E-state index contributed by atoms with van der Waals surface area (Å²) in [6.45, 7) is 0.665. The lowest BCUT2D eigenvalue weighted by atomic mass is 10.4. The summed E-state index contributed by atoms with van der Waals surface area (Å²) < 4.78 is 75.2. The summed E-state index contributed by atoms with van der Waals surface area (Å²) in [6, 6.07) is 0. The Morgan fingerprint density at radius 3 is 1.23 bits per heavy atom. The van der Waals surface area contributed by atoms with Crippen molar-refractivity contribution in [1.29, 1.82) is 0 Å². The molecule has 0 spiro atoms. The number of rotatable bonds is 4. The van der Waals surface area contributed by atoms with Gasteiger partial charge in [0.25, 0.3) is 0 Å². The van der Waals surface area contributed by atoms with E-state index in [9.17, 15) is 26.3 Å². The van der Waals surface area contributed by atoms with Crippen LogP contribution in [0.5, 0.6) is 0 Å². The van der Waals surface area contributed by atoms with Crippen molar-refractivity contribution in [3.63, 3.8) is 0 Å². The Morgan fingerprint density at radius 2 is 1.08 bits per heavy atom.